The third-order valence-electron chi connectivity index (χ3n) is 4.72. The van der Waals surface area contributed by atoms with Crippen LogP contribution in [0.3, 0.4) is 0 Å². The Bertz CT molecular complexity index is 1490. The van der Waals surface area contributed by atoms with Crippen molar-refractivity contribution in [2.75, 3.05) is 17.5 Å². The highest BCUT2D eigenvalue weighted by atomic mass is 32.2. The first-order valence-electron chi connectivity index (χ1n) is 8.84. The average Bonchev–Trinajstić information content (AvgIpc) is 3.37. The maximum Gasteiger partial charge on any atom is 0.323 e. The van der Waals surface area contributed by atoms with Crippen molar-refractivity contribution in [3.63, 3.8) is 0 Å². The monoisotopic (exact) mass is 439 g/mol. The Hall–Kier alpha value is -3.62. The minimum atomic E-state index is -3.91. The van der Waals surface area contributed by atoms with Crippen LogP contribution in [0.15, 0.2) is 52.3 Å². The molecule has 1 aliphatic rings. The zero-order chi connectivity index (χ0) is 20.9. The summed E-state index contributed by atoms with van der Waals surface area (Å²) in [6.45, 7) is 0.354. The lowest BCUT2D eigenvalue weighted by molar-refractivity contribution is 0.316. The van der Waals surface area contributed by atoms with E-state index in [9.17, 15) is 13.2 Å². The molecule has 0 radical (unpaired) electrons. The fourth-order valence-electron chi connectivity index (χ4n) is 3.33. The number of benzene rings is 2. The van der Waals surface area contributed by atoms with Gasteiger partial charge >= 0.3 is 5.69 Å². The molecule has 0 saturated heterocycles. The number of fused-ring (bicyclic) bond motifs is 2. The number of hydrogen-bond donors (Lipinski definition) is 2. The predicted octanol–water partition coefficient (Wildman–Crippen LogP) is 2.44. The molecule has 0 saturated carbocycles. The molecule has 0 unspecified atom stereocenters. The molecule has 150 valence electrons. The van der Waals surface area contributed by atoms with Gasteiger partial charge in [0.2, 0.25) is 0 Å². The number of aromatic nitrogens is 3. The normalized spacial score (nSPS) is 13.6. The third-order valence-corrected chi connectivity index (χ3v) is 7.48. The molecule has 0 fully saturated rings. The van der Waals surface area contributed by atoms with Crippen LogP contribution in [0.1, 0.15) is 4.88 Å². The van der Waals surface area contributed by atoms with Crippen LogP contribution in [0.2, 0.25) is 0 Å². The predicted molar refractivity (Wildman–Crippen MR) is 111 cm³/mol. The summed E-state index contributed by atoms with van der Waals surface area (Å²) in [5.74, 6) is 0.446. The number of nitrogens with one attached hydrogen (secondary N) is 2. The molecule has 30 heavy (non-hydrogen) atoms. The number of thiazole rings is 1. The second kappa shape index (κ2) is 6.72. The molecule has 0 amide bonds. The SMILES string of the molecule is N#Cc1cnc(-c2ccc3c(c2)N(S(=O)(=O)c2ccc4[nH]c(=O)[nH]c4c2)CCO3)s1. The van der Waals surface area contributed by atoms with Gasteiger partial charge in [0.25, 0.3) is 10.0 Å². The van der Waals surface area contributed by atoms with Crippen LogP contribution in [-0.2, 0) is 10.0 Å². The van der Waals surface area contributed by atoms with Gasteiger partial charge in [-0.3, -0.25) is 4.31 Å². The minimum Gasteiger partial charge on any atom is -0.489 e. The van der Waals surface area contributed by atoms with Crippen LogP contribution in [0, 0.1) is 11.3 Å². The first-order valence-corrected chi connectivity index (χ1v) is 11.1. The van der Waals surface area contributed by atoms with Gasteiger partial charge in [0.05, 0.1) is 34.4 Å². The van der Waals surface area contributed by atoms with Gasteiger partial charge in [0.15, 0.2) is 0 Å². The van der Waals surface area contributed by atoms with E-state index in [2.05, 4.69) is 15.0 Å². The van der Waals surface area contributed by atoms with Crippen LogP contribution in [-0.4, -0.2) is 36.5 Å². The number of sulfonamides is 1. The highest BCUT2D eigenvalue weighted by Crippen LogP contribution is 2.39. The zero-order valence-corrected chi connectivity index (χ0v) is 16.9. The molecule has 0 aliphatic carbocycles. The van der Waals surface area contributed by atoms with Crippen LogP contribution >= 0.6 is 11.3 Å². The van der Waals surface area contributed by atoms with Crippen LogP contribution < -0.4 is 14.7 Å². The Balaban J connectivity index is 1.60. The summed E-state index contributed by atoms with van der Waals surface area (Å²) in [6.07, 6.45) is 1.48. The van der Waals surface area contributed by atoms with Gasteiger partial charge in [-0.15, -0.1) is 11.3 Å². The molecule has 2 N–H and O–H groups in total. The Labute approximate surface area is 174 Å². The quantitative estimate of drug-likeness (QED) is 0.504. The van der Waals surface area contributed by atoms with E-state index in [1.807, 2.05) is 6.07 Å². The number of imidazole rings is 1. The van der Waals surface area contributed by atoms with Gasteiger partial charge in [-0.25, -0.2) is 18.2 Å². The molecule has 9 nitrogen and oxygen atoms in total. The van der Waals surface area contributed by atoms with Gasteiger partial charge < -0.3 is 14.7 Å². The van der Waals surface area contributed by atoms with Crippen molar-refractivity contribution >= 4 is 38.1 Å². The first kappa shape index (κ1) is 18.4. The van der Waals surface area contributed by atoms with Crippen LogP contribution in [0.5, 0.6) is 5.75 Å². The van der Waals surface area contributed by atoms with E-state index < -0.39 is 15.7 Å². The van der Waals surface area contributed by atoms with Crippen molar-refractivity contribution in [1.29, 1.82) is 5.26 Å². The number of hydrogen-bond acceptors (Lipinski definition) is 7. The molecule has 0 atom stereocenters. The van der Waals surface area contributed by atoms with Crippen molar-refractivity contribution in [3.05, 3.63) is 58.0 Å². The summed E-state index contributed by atoms with van der Waals surface area (Å²) in [5.41, 5.74) is 1.63. The second-order valence-electron chi connectivity index (χ2n) is 6.54. The molecule has 11 heteroatoms. The summed E-state index contributed by atoms with van der Waals surface area (Å²) >= 11 is 1.23. The number of ether oxygens (including phenoxy) is 1. The van der Waals surface area contributed by atoms with E-state index in [1.54, 1.807) is 24.3 Å². The van der Waals surface area contributed by atoms with Gasteiger partial charge in [-0.05, 0) is 36.4 Å². The topological polar surface area (TPSA) is 132 Å². The van der Waals surface area contributed by atoms with E-state index in [1.165, 1.54) is 34.0 Å². The molecule has 2 aromatic carbocycles. The number of aromatic amines is 2. The Morgan fingerprint density at radius 1 is 1.17 bits per heavy atom. The van der Waals surface area contributed by atoms with E-state index in [0.717, 1.165) is 0 Å². The highest BCUT2D eigenvalue weighted by Gasteiger charge is 2.31. The lowest BCUT2D eigenvalue weighted by Crippen LogP contribution is -2.37. The van der Waals surface area contributed by atoms with Crippen molar-refractivity contribution in [2.45, 2.75) is 4.90 Å². The first-order chi connectivity index (χ1) is 14.5. The number of nitrogens with zero attached hydrogens (tertiary/aromatic N) is 3. The van der Waals surface area contributed by atoms with Crippen molar-refractivity contribution in [1.82, 2.24) is 15.0 Å². The number of H-pyrrole nitrogens is 2. The molecule has 0 bridgehead atoms. The highest BCUT2D eigenvalue weighted by molar-refractivity contribution is 7.92. The summed E-state index contributed by atoms with van der Waals surface area (Å²) in [6, 6.07) is 11.7. The number of rotatable bonds is 3. The fourth-order valence-corrected chi connectivity index (χ4v) is 5.52. The van der Waals surface area contributed by atoms with Gasteiger partial charge in [0, 0.05) is 5.56 Å². The van der Waals surface area contributed by atoms with E-state index in [4.69, 9.17) is 10.00 Å². The summed E-state index contributed by atoms with van der Waals surface area (Å²) in [4.78, 5) is 21.4. The number of anilines is 1. The van der Waals surface area contributed by atoms with Crippen molar-refractivity contribution < 1.29 is 13.2 Å². The maximum absolute atomic E-state index is 13.4. The molecular weight excluding hydrogens is 426 g/mol. The molecule has 1 aliphatic heterocycles. The van der Waals surface area contributed by atoms with Gasteiger partial charge in [-0.2, -0.15) is 5.26 Å². The third kappa shape index (κ3) is 2.94. The summed E-state index contributed by atoms with van der Waals surface area (Å²) in [5, 5.41) is 9.64. The summed E-state index contributed by atoms with van der Waals surface area (Å²) in [7, 11) is -3.91. The van der Waals surface area contributed by atoms with E-state index in [0.29, 0.717) is 37.9 Å². The van der Waals surface area contributed by atoms with Crippen molar-refractivity contribution in [3.8, 4) is 22.4 Å². The Morgan fingerprint density at radius 3 is 2.80 bits per heavy atom. The molecule has 2 aromatic heterocycles. The minimum absolute atomic E-state index is 0.0597. The zero-order valence-electron chi connectivity index (χ0n) is 15.2. The lowest BCUT2D eigenvalue weighted by atomic mass is 10.2. The lowest BCUT2D eigenvalue weighted by Gasteiger charge is -2.30. The van der Waals surface area contributed by atoms with E-state index in [-0.39, 0.29) is 18.0 Å². The van der Waals surface area contributed by atoms with Gasteiger partial charge in [0.1, 0.15) is 28.3 Å². The molecule has 5 rings (SSSR count). The smallest absolute Gasteiger partial charge is 0.323 e. The largest absolute Gasteiger partial charge is 0.489 e. The van der Waals surface area contributed by atoms with Crippen molar-refractivity contribution in [2.24, 2.45) is 0 Å². The van der Waals surface area contributed by atoms with Crippen LogP contribution in [0.25, 0.3) is 21.6 Å². The van der Waals surface area contributed by atoms with Crippen LogP contribution in [0.4, 0.5) is 5.69 Å². The molecule has 4 aromatic rings. The molecule has 3 heterocycles. The second-order valence-corrected chi connectivity index (χ2v) is 9.43. The summed E-state index contributed by atoms with van der Waals surface area (Å²) < 4.78 is 33.8. The molecular formula is C19H13N5O4S2. The standard InChI is InChI=1S/C19H13N5O4S2/c20-9-12-10-21-18(29-12)11-1-4-17-16(7-11)24(5-6-28-17)30(26,27)13-2-3-14-15(8-13)23-19(25)22-14/h1-4,7-8,10H,5-6H2,(H2,22,23,25). The fraction of sp³-hybridized carbons (Fsp3) is 0.105. The average molecular weight is 439 g/mol. The maximum atomic E-state index is 13.4. The van der Waals surface area contributed by atoms with Gasteiger partial charge in [-0.1, -0.05) is 0 Å². The number of nitriles is 1. The van der Waals surface area contributed by atoms with E-state index >= 15 is 0 Å². The Kier molecular flexibility index (Phi) is 4.12. The molecule has 0 spiro atoms. The Morgan fingerprint density at radius 2 is 2.00 bits per heavy atom.